The zero-order valence-electron chi connectivity index (χ0n) is 12.7. The lowest BCUT2D eigenvalue weighted by molar-refractivity contribution is -0.161. The third-order valence-electron chi connectivity index (χ3n) is 6.16. The number of hydrogen-bond donors (Lipinski definition) is 2. The van der Waals surface area contributed by atoms with E-state index in [9.17, 15) is 14.7 Å². The van der Waals surface area contributed by atoms with Gasteiger partial charge in [-0.05, 0) is 31.5 Å². The Hall–Kier alpha value is -1.92. The van der Waals surface area contributed by atoms with Crippen molar-refractivity contribution in [1.29, 1.82) is 0 Å². The van der Waals surface area contributed by atoms with E-state index in [0.29, 0.717) is 35.6 Å². The molecule has 1 spiro atoms. The molecule has 4 atom stereocenters. The van der Waals surface area contributed by atoms with Crippen molar-refractivity contribution >= 4 is 11.6 Å². The summed E-state index contributed by atoms with van der Waals surface area (Å²) in [5.41, 5.74) is -0.906. The number of piperidine rings is 1. The molecule has 2 bridgehead atoms. The molecule has 2 fully saturated rings. The van der Waals surface area contributed by atoms with E-state index in [1.165, 1.54) is 7.11 Å². The van der Waals surface area contributed by atoms with Gasteiger partial charge in [-0.25, -0.2) is 0 Å². The second-order valence-corrected chi connectivity index (χ2v) is 6.88. The molecule has 2 aliphatic carbocycles. The number of ether oxygens (including phenoxy) is 2. The van der Waals surface area contributed by atoms with Crippen LogP contribution in [-0.2, 0) is 10.2 Å². The highest BCUT2D eigenvalue weighted by atomic mass is 16.5. The summed E-state index contributed by atoms with van der Waals surface area (Å²) in [6.07, 6.45) is 0.339. The Labute approximate surface area is 132 Å². The number of rotatable bonds is 1. The standard InChI is InChI=1S/C17H17NO5/c1-22-10-3-2-8-11-13(10)23-15-9(19)4-5-17(21)14(12(8)20)18-7-6-16(11,15)17/h2-3,14-15,18,21H,4-7H2,1H3/t14-,15+,16+,17-/m1/s1. The normalized spacial score (nSPS) is 39.7. The third-order valence-corrected chi connectivity index (χ3v) is 6.16. The van der Waals surface area contributed by atoms with Gasteiger partial charge in [0.05, 0.1) is 12.5 Å². The number of methoxy groups -OCH3 is 1. The van der Waals surface area contributed by atoms with E-state index < -0.39 is 23.2 Å². The fraction of sp³-hybridized carbons (Fsp3) is 0.529. The quantitative estimate of drug-likeness (QED) is 0.778. The van der Waals surface area contributed by atoms with Crippen molar-refractivity contribution in [3.8, 4) is 11.5 Å². The lowest BCUT2D eigenvalue weighted by atomic mass is 9.49. The smallest absolute Gasteiger partial charge is 0.183 e. The summed E-state index contributed by atoms with van der Waals surface area (Å²) in [5.74, 6) is 0.832. The molecule has 1 aromatic carbocycles. The van der Waals surface area contributed by atoms with Crippen LogP contribution in [-0.4, -0.2) is 48.1 Å². The number of carbonyl (C=O) groups is 2. The van der Waals surface area contributed by atoms with Crippen LogP contribution in [0.25, 0.3) is 0 Å². The van der Waals surface area contributed by atoms with Gasteiger partial charge < -0.3 is 19.9 Å². The number of ketones is 2. The molecular weight excluding hydrogens is 298 g/mol. The van der Waals surface area contributed by atoms with E-state index in [4.69, 9.17) is 9.47 Å². The van der Waals surface area contributed by atoms with Crippen LogP contribution in [0.3, 0.4) is 0 Å². The maximum absolute atomic E-state index is 12.9. The highest BCUT2D eigenvalue weighted by Crippen LogP contribution is 2.63. The molecule has 0 unspecified atom stereocenters. The SMILES string of the molecule is COc1ccc2c3c1O[C@H]1C(=O)CC[C@@]4(O)[C@H](NCC[C@]314)C2=O. The summed E-state index contributed by atoms with van der Waals surface area (Å²) in [6.45, 7) is 0.571. The molecule has 1 saturated carbocycles. The van der Waals surface area contributed by atoms with Crippen molar-refractivity contribution in [1.82, 2.24) is 5.32 Å². The Morgan fingerprint density at radius 2 is 2.17 bits per heavy atom. The number of hydrogen-bond acceptors (Lipinski definition) is 6. The molecular formula is C17H17NO5. The molecule has 2 heterocycles. The van der Waals surface area contributed by atoms with Crippen molar-refractivity contribution in [2.24, 2.45) is 0 Å². The van der Waals surface area contributed by atoms with Crippen LogP contribution in [0.1, 0.15) is 35.2 Å². The maximum Gasteiger partial charge on any atom is 0.183 e. The molecule has 23 heavy (non-hydrogen) atoms. The van der Waals surface area contributed by atoms with Crippen molar-refractivity contribution in [2.75, 3.05) is 13.7 Å². The number of nitrogens with one attached hydrogen (secondary N) is 1. The average molecular weight is 315 g/mol. The third kappa shape index (κ3) is 1.23. The van der Waals surface area contributed by atoms with Crippen LogP contribution >= 0.6 is 0 Å². The summed E-state index contributed by atoms with van der Waals surface area (Å²) in [4.78, 5) is 25.5. The molecule has 6 heteroatoms. The van der Waals surface area contributed by atoms with Gasteiger partial charge in [-0.15, -0.1) is 0 Å². The first-order valence-corrected chi connectivity index (χ1v) is 7.95. The highest BCUT2D eigenvalue weighted by Gasteiger charge is 2.73. The summed E-state index contributed by atoms with van der Waals surface area (Å²) in [5, 5.41) is 14.7. The predicted molar refractivity (Wildman–Crippen MR) is 79.0 cm³/mol. The Balaban J connectivity index is 1.91. The lowest BCUT2D eigenvalue weighted by Gasteiger charge is -2.58. The van der Waals surface area contributed by atoms with Gasteiger partial charge >= 0.3 is 0 Å². The van der Waals surface area contributed by atoms with Crippen molar-refractivity contribution in [2.45, 2.75) is 42.4 Å². The molecule has 0 amide bonds. The number of benzene rings is 1. The van der Waals surface area contributed by atoms with E-state index in [1.807, 2.05) is 0 Å². The highest BCUT2D eigenvalue weighted by molar-refractivity contribution is 6.07. The first-order chi connectivity index (χ1) is 11.0. The second kappa shape index (κ2) is 3.94. The number of aliphatic hydroxyl groups is 1. The Morgan fingerprint density at radius 1 is 1.35 bits per heavy atom. The average Bonchev–Trinajstić information content (AvgIpc) is 2.89. The van der Waals surface area contributed by atoms with E-state index in [0.717, 1.165) is 0 Å². The van der Waals surface area contributed by atoms with Crippen molar-refractivity contribution < 1.29 is 24.2 Å². The zero-order chi connectivity index (χ0) is 16.0. The summed E-state index contributed by atoms with van der Waals surface area (Å²) in [7, 11) is 1.53. The minimum atomic E-state index is -1.29. The fourth-order valence-corrected chi connectivity index (χ4v) is 5.21. The van der Waals surface area contributed by atoms with Gasteiger partial charge in [0.1, 0.15) is 11.6 Å². The molecule has 5 rings (SSSR count). The lowest BCUT2D eigenvalue weighted by Crippen LogP contribution is -2.77. The topological polar surface area (TPSA) is 84.9 Å². The van der Waals surface area contributed by atoms with Gasteiger partial charge in [-0.2, -0.15) is 0 Å². The van der Waals surface area contributed by atoms with E-state index in [2.05, 4.69) is 5.32 Å². The summed E-state index contributed by atoms with van der Waals surface area (Å²) < 4.78 is 11.4. The molecule has 120 valence electrons. The van der Waals surface area contributed by atoms with E-state index >= 15 is 0 Å². The van der Waals surface area contributed by atoms with Gasteiger partial charge in [0.25, 0.3) is 0 Å². The molecule has 2 N–H and O–H groups in total. The van der Waals surface area contributed by atoms with Gasteiger partial charge in [0.2, 0.25) is 0 Å². The molecule has 6 nitrogen and oxygen atoms in total. The Kier molecular flexibility index (Phi) is 2.31. The molecule has 1 aromatic rings. The molecule has 1 saturated heterocycles. The monoisotopic (exact) mass is 315 g/mol. The van der Waals surface area contributed by atoms with Crippen LogP contribution < -0.4 is 14.8 Å². The van der Waals surface area contributed by atoms with Gasteiger partial charge in [0.15, 0.2) is 29.2 Å². The first kappa shape index (κ1) is 13.5. The minimum Gasteiger partial charge on any atom is -0.493 e. The zero-order valence-corrected chi connectivity index (χ0v) is 12.7. The second-order valence-electron chi connectivity index (χ2n) is 6.88. The minimum absolute atomic E-state index is 0.00567. The van der Waals surface area contributed by atoms with Crippen LogP contribution in [0.2, 0.25) is 0 Å². The number of carbonyl (C=O) groups excluding carboxylic acids is 2. The van der Waals surface area contributed by atoms with Crippen LogP contribution in [0.15, 0.2) is 12.1 Å². The van der Waals surface area contributed by atoms with Crippen molar-refractivity contribution in [3.63, 3.8) is 0 Å². The Morgan fingerprint density at radius 3 is 2.96 bits per heavy atom. The van der Waals surface area contributed by atoms with Crippen LogP contribution in [0, 0.1) is 0 Å². The molecule has 2 aliphatic heterocycles. The number of Topliss-reactive ketones (excluding diaryl/α,β-unsaturated/α-hetero) is 2. The van der Waals surface area contributed by atoms with Gasteiger partial charge in [0, 0.05) is 17.5 Å². The van der Waals surface area contributed by atoms with Crippen LogP contribution in [0.5, 0.6) is 11.5 Å². The van der Waals surface area contributed by atoms with Gasteiger partial charge in [-0.3, -0.25) is 9.59 Å². The Bertz CT molecular complexity index is 774. The summed E-state index contributed by atoms with van der Waals surface area (Å²) >= 11 is 0. The first-order valence-electron chi connectivity index (χ1n) is 7.95. The van der Waals surface area contributed by atoms with Crippen molar-refractivity contribution in [3.05, 3.63) is 23.3 Å². The predicted octanol–water partition coefficient (Wildman–Crippen LogP) is 0.346. The van der Waals surface area contributed by atoms with Crippen LogP contribution in [0.4, 0.5) is 0 Å². The van der Waals surface area contributed by atoms with E-state index in [-0.39, 0.29) is 24.4 Å². The largest absolute Gasteiger partial charge is 0.493 e. The maximum atomic E-state index is 12.9. The summed E-state index contributed by atoms with van der Waals surface area (Å²) in [6, 6.07) is 2.75. The van der Waals surface area contributed by atoms with E-state index in [1.54, 1.807) is 12.1 Å². The van der Waals surface area contributed by atoms with Gasteiger partial charge in [-0.1, -0.05) is 0 Å². The molecule has 0 radical (unpaired) electrons. The molecule has 4 aliphatic rings. The fourth-order valence-electron chi connectivity index (χ4n) is 5.21. The molecule has 0 aromatic heterocycles.